The highest BCUT2D eigenvalue weighted by Gasteiger charge is 2.43. The number of hydrogen-bond acceptors (Lipinski definition) is 7. The molecular formula is C27H29N4O6P. The van der Waals surface area contributed by atoms with Crippen LogP contribution in [0.4, 0.5) is 10.5 Å². The number of nitrogens with zero attached hydrogens (tertiary/aromatic N) is 1. The average molecular weight is 537 g/mol. The summed E-state index contributed by atoms with van der Waals surface area (Å²) in [5, 5.41) is 2.56. The number of carbonyl (C=O) groups is 1. The van der Waals surface area contributed by atoms with Gasteiger partial charge in [0.15, 0.2) is 5.96 Å². The van der Waals surface area contributed by atoms with Gasteiger partial charge in [0.1, 0.15) is 18.1 Å². The van der Waals surface area contributed by atoms with E-state index in [9.17, 15) is 9.36 Å². The molecule has 3 rings (SSSR count). The Morgan fingerprint density at radius 3 is 2.05 bits per heavy atom. The summed E-state index contributed by atoms with van der Waals surface area (Å²) in [4.78, 5) is 16.7. The monoisotopic (exact) mass is 536 g/mol. The molecular weight excluding hydrogens is 507 g/mol. The summed E-state index contributed by atoms with van der Waals surface area (Å²) in [6.07, 6.45) is 4.32. The van der Waals surface area contributed by atoms with Gasteiger partial charge in [0.2, 0.25) is 5.85 Å². The summed E-state index contributed by atoms with van der Waals surface area (Å²) in [6.45, 7) is 0.416. The molecule has 0 heterocycles. The van der Waals surface area contributed by atoms with Crippen LogP contribution in [0.15, 0.2) is 89.9 Å². The van der Waals surface area contributed by atoms with Gasteiger partial charge in [-0.3, -0.25) is 0 Å². The van der Waals surface area contributed by atoms with Crippen molar-refractivity contribution in [3.63, 3.8) is 0 Å². The largest absolute Gasteiger partial charge is 0.471 e. The Labute approximate surface area is 221 Å². The number of aliphatic imine (C=N–C) groups is 1. The predicted molar refractivity (Wildman–Crippen MR) is 145 cm³/mol. The fourth-order valence-corrected chi connectivity index (χ4v) is 4.95. The molecule has 0 radical (unpaired) electrons. The maximum atomic E-state index is 14.4. The summed E-state index contributed by atoms with van der Waals surface area (Å²) >= 11 is 0. The van der Waals surface area contributed by atoms with Crippen molar-refractivity contribution >= 4 is 25.3 Å². The molecule has 0 saturated carbocycles. The number of alkyl carbamates (subject to hydrolysis) is 1. The molecule has 0 bridgehead atoms. The van der Waals surface area contributed by atoms with E-state index in [4.69, 9.17) is 36.4 Å². The normalized spacial score (nSPS) is 11.4. The summed E-state index contributed by atoms with van der Waals surface area (Å²) in [5.41, 5.74) is 12.1. The Balaban J connectivity index is 1.90. The second-order valence-corrected chi connectivity index (χ2v) is 9.82. The van der Waals surface area contributed by atoms with Crippen LogP contribution in [0, 0.1) is 12.3 Å². The van der Waals surface area contributed by atoms with Crippen molar-refractivity contribution in [3.8, 4) is 23.8 Å². The number of carbonyl (C=O) groups excluding carboxylic acids is 1. The van der Waals surface area contributed by atoms with E-state index in [0.29, 0.717) is 11.3 Å². The minimum atomic E-state index is -4.19. The zero-order valence-electron chi connectivity index (χ0n) is 20.6. The average Bonchev–Trinajstić information content (AvgIpc) is 2.90. The van der Waals surface area contributed by atoms with Crippen LogP contribution in [-0.4, -0.2) is 37.7 Å². The molecule has 0 spiro atoms. The van der Waals surface area contributed by atoms with Crippen LogP contribution in [0.3, 0.4) is 0 Å². The lowest BCUT2D eigenvalue weighted by molar-refractivity contribution is 0.113. The number of amides is 1. The predicted octanol–water partition coefficient (Wildman–Crippen LogP) is 4.19. The quantitative estimate of drug-likeness (QED) is 0.0969. The number of guanidine groups is 1. The van der Waals surface area contributed by atoms with Crippen LogP contribution in [0.25, 0.3) is 0 Å². The Morgan fingerprint density at radius 2 is 1.53 bits per heavy atom. The van der Waals surface area contributed by atoms with Gasteiger partial charge >= 0.3 is 13.7 Å². The number of nitrogens with one attached hydrogen (secondary N) is 1. The molecule has 1 unspecified atom stereocenters. The van der Waals surface area contributed by atoms with Gasteiger partial charge in [-0.15, -0.1) is 6.42 Å². The highest BCUT2D eigenvalue weighted by molar-refractivity contribution is 7.55. The van der Waals surface area contributed by atoms with E-state index in [1.165, 1.54) is 0 Å². The van der Waals surface area contributed by atoms with Crippen LogP contribution in [0.5, 0.6) is 11.5 Å². The molecule has 0 saturated heterocycles. The van der Waals surface area contributed by atoms with Crippen LogP contribution in [0.1, 0.15) is 5.56 Å². The molecule has 11 heteroatoms. The van der Waals surface area contributed by atoms with Gasteiger partial charge in [-0.1, -0.05) is 54.5 Å². The van der Waals surface area contributed by atoms with Crippen molar-refractivity contribution in [1.29, 1.82) is 0 Å². The minimum absolute atomic E-state index is 0.0000594. The topological polar surface area (TPSA) is 147 Å². The standard InChI is InChI=1S/C27H29N4O6P/c1-2-18-34-19-17-30-27(32)35-25(20-21-13-15-22(16-14-21)31-26(28)29)38(33,36-23-9-5-3-6-10-23)37-24-11-7-4-8-12-24/h1,3-16,25H,17-20H2,(H,30,32)(H4,28,29,31). The number of benzene rings is 3. The van der Waals surface area contributed by atoms with Crippen LogP contribution in [0.2, 0.25) is 0 Å². The lowest BCUT2D eigenvalue weighted by Gasteiger charge is -2.27. The molecule has 5 N–H and O–H groups in total. The zero-order valence-corrected chi connectivity index (χ0v) is 21.5. The molecule has 3 aromatic rings. The number of hydrogen-bond donors (Lipinski definition) is 3. The fourth-order valence-electron chi connectivity index (χ4n) is 3.19. The molecule has 38 heavy (non-hydrogen) atoms. The first-order chi connectivity index (χ1) is 18.4. The third-order valence-electron chi connectivity index (χ3n) is 4.85. The second kappa shape index (κ2) is 14.3. The van der Waals surface area contributed by atoms with Crippen LogP contribution >= 0.6 is 7.60 Å². The summed E-state index contributed by atoms with van der Waals surface area (Å²) in [7, 11) is -4.19. The third-order valence-corrected chi connectivity index (χ3v) is 6.78. The highest BCUT2D eigenvalue weighted by atomic mass is 31.2. The smallest absolute Gasteiger partial charge is 0.430 e. The minimum Gasteiger partial charge on any atom is -0.430 e. The zero-order chi connectivity index (χ0) is 27.2. The van der Waals surface area contributed by atoms with E-state index in [1.54, 1.807) is 84.9 Å². The first kappa shape index (κ1) is 28.1. The van der Waals surface area contributed by atoms with Crippen molar-refractivity contribution in [3.05, 3.63) is 90.5 Å². The number of ether oxygens (including phenoxy) is 2. The van der Waals surface area contributed by atoms with Crippen molar-refractivity contribution in [2.24, 2.45) is 16.5 Å². The van der Waals surface area contributed by atoms with E-state index < -0.39 is 19.5 Å². The van der Waals surface area contributed by atoms with E-state index >= 15 is 0 Å². The Hall–Kier alpha value is -4.45. The number of terminal acetylenes is 1. The van der Waals surface area contributed by atoms with Gasteiger partial charge in [0.05, 0.1) is 12.3 Å². The van der Waals surface area contributed by atoms with Crippen molar-refractivity contribution in [1.82, 2.24) is 5.32 Å². The van der Waals surface area contributed by atoms with Gasteiger partial charge in [-0.05, 0) is 42.0 Å². The van der Waals surface area contributed by atoms with Gasteiger partial charge in [0, 0.05) is 13.0 Å². The molecule has 10 nitrogen and oxygen atoms in total. The van der Waals surface area contributed by atoms with Crippen molar-refractivity contribution in [2.75, 3.05) is 19.8 Å². The number of para-hydroxylation sites is 2. The maximum Gasteiger partial charge on any atom is 0.471 e. The summed E-state index contributed by atoms with van der Waals surface area (Å²) < 4.78 is 37.0. The van der Waals surface area contributed by atoms with Crippen molar-refractivity contribution < 1.29 is 27.9 Å². The van der Waals surface area contributed by atoms with Gasteiger partial charge in [-0.25, -0.2) is 14.4 Å². The molecule has 1 atom stereocenters. The molecule has 1 amide bonds. The third kappa shape index (κ3) is 9.21. The summed E-state index contributed by atoms with van der Waals surface area (Å²) in [6, 6.07) is 23.8. The summed E-state index contributed by atoms with van der Waals surface area (Å²) in [5.74, 6) is 1.49. The number of rotatable bonds is 13. The lowest BCUT2D eigenvalue weighted by Crippen LogP contribution is -2.34. The van der Waals surface area contributed by atoms with Crippen LogP contribution in [-0.2, 0) is 20.5 Å². The molecule has 0 aromatic heterocycles. The van der Waals surface area contributed by atoms with E-state index in [2.05, 4.69) is 16.2 Å². The van der Waals surface area contributed by atoms with Gasteiger partial charge in [-0.2, -0.15) is 0 Å². The van der Waals surface area contributed by atoms with Crippen molar-refractivity contribution in [2.45, 2.75) is 12.3 Å². The molecule has 0 aliphatic carbocycles. The van der Waals surface area contributed by atoms with Gasteiger partial charge < -0.3 is 35.3 Å². The highest BCUT2D eigenvalue weighted by Crippen LogP contribution is 2.54. The number of nitrogens with two attached hydrogens (primary N) is 2. The van der Waals surface area contributed by atoms with E-state index in [0.717, 1.165) is 0 Å². The second-order valence-electron chi connectivity index (χ2n) is 7.80. The first-order valence-electron chi connectivity index (χ1n) is 11.6. The lowest BCUT2D eigenvalue weighted by atomic mass is 10.1. The van der Waals surface area contributed by atoms with Crippen LogP contribution < -0.4 is 25.8 Å². The Morgan fingerprint density at radius 1 is 0.947 bits per heavy atom. The SMILES string of the molecule is C#CCOCCNC(=O)OC(Cc1ccc(N=C(N)N)cc1)P(=O)(Oc1ccccc1)Oc1ccccc1. The molecule has 0 fully saturated rings. The molecule has 3 aromatic carbocycles. The first-order valence-corrected chi connectivity index (χ1v) is 13.2. The molecule has 0 aliphatic heterocycles. The van der Waals surface area contributed by atoms with Gasteiger partial charge in [0.25, 0.3) is 0 Å². The Bertz CT molecular complexity index is 1230. The maximum absolute atomic E-state index is 14.4. The van der Waals surface area contributed by atoms with E-state index in [-0.39, 0.29) is 43.6 Å². The van der Waals surface area contributed by atoms with E-state index in [1.807, 2.05) is 0 Å². The Kier molecular flexibility index (Phi) is 10.6. The molecule has 0 aliphatic rings. The molecule has 198 valence electrons. The fraction of sp³-hybridized carbons (Fsp3) is 0.185.